The van der Waals surface area contributed by atoms with Crippen LogP contribution in [-0.4, -0.2) is 30.3 Å². The van der Waals surface area contributed by atoms with Gasteiger partial charge in [0.2, 0.25) is 0 Å². The first-order valence-electron chi connectivity index (χ1n) is 7.35. The van der Waals surface area contributed by atoms with Gasteiger partial charge in [0.15, 0.2) is 0 Å². The van der Waals surface area contributed by atoms with Gasteiger partial charge in [0.1, 0.15) is 17.1 Å². The monoisotopic (exact) mass is 323 g/mol. The smallest absolute Gasteiger partial charge is 0.263 e. The van der Waals surface area contributed by atoms with Crippen LogP contribution < -0.4 is 14.8 Å². The fourth-order valence-electron chi connectivity index (χ4n) is 2.45. The van der Waals surface area contributed by atoms with Crippen LogP contribution in [0.5, 0.6) is 11.5 Å². The molecule has 6 nitrogen and oxygen atoms in total. The third-order valence-electron chi connectivity index (χ3n) is 3.59. The van der Waals surface area contributed by atoms with Gasteiger partial charge < -0.3 is 14.8 Å². The molecular formula is C18H17N3O3. The molecule has 122 valence electrons. The summed E-state index contributed by atoms with van der Waals surface area (Å²) in [6.45, 7) is 0. The zero-order chi connectivity index (χ0) is 16.9. The molecule has 3 aromatic rings. The van der Waals surface area contributed by atoms with Crippen LogP contribution in [0.3, 0.4) is 0 Å². The summed E-state index contributed by atoms with van der Waals surface area (Å²) in [6, 6.07) is 14.6. The number of nitrogens with zero attached hydrogens (tertiary/aromatic N) is 1. The van der Waals surface area contributed by atoms with Gasteiger partial charge in [-0.1, -0.05) is 18.2 Å². The number of ether oxygens (including phenoxy) is 2. The van der Waals surface area contributed by atoms with Crippen molar-refractivity contribution in [2.75, 3.05) is 19.5 Å². The number of benzene rings is 2. The molecule has 0 aliphatic carbocycles. The van der Waals surface area contributed by atoms with E-state index in [2.05, 4.69) is 15.5 Å². The molecule has 1 heterocycles. The summed E-state index contributed by atoms with van der Waals surface area (Å²) in [5.74, 6) is 0.610. The van der Waals surface area contributed by atoms with E-state index in [0.717, 1.165) is 11.3 Å². The Morgan fingerprint density at radius 3 is 2.38 bits per heavy atom. The largest absolute Gasteiger partial charge is 0.496 e. The number of aromatic amines is 1. The van der Waals surface area contributed by atoms with E-state index in [0.29, 0.717) is 22.7 Å². The number of methoxy groups -OCH3 is 2. The van der Waals surface area contributed by atoms with Crippen molar-refractivity contribution in [3.63, 3.8) is 0 Å². The molecule has 2 N–H and O–H groups in total. The maximum atomic E-state index is 12.7. The second-order valence-corrected chi connectivity index (χ2v) is 5.04. The Morgan fingerprint density at radius 1 is 1.04 bits per heavy atom. The number of carbonyl (C=O) groups excluding carboxylic acids is 1. The molecule has 0 spiro atoms. The van der Waals surface area contributed by atoms with E-state index in [1.807, 2.05) is 30.3 Å². The van der Waals surface area contributed by atoms with Crippen LogP contribution in [0.1, 0.15) is 10.4 Å². The van der Waals surface area contributed by atoms with Crippen molar-refractivity contribution in [2.24, 2.45) is 0 Å². The summed E-state index contributed by atoms with van der Waals surface area (Å²) in [5.41, 5.74) is 2.83. The number of carbonyl (C=O) groups is 1. The molecule has 1 aromatic heterocycles. The summed E-state index contributed by atoms with van der Waals surface area (Å²) >= 11 is 0. The third-order valence-corrected chi connectivity index (χ3v) is 3.59. The molecule has 3 rings (SSSR count). The van der Waals surface area contributed by atoms with Crippen LogP contribution >= 0.6 is 0 Å². The Bertz CT molecular complexity index is 822. The quantitative estimate of drug-likeness (QED) is 0.755. The molecule has 0 radical (unpaired) electrons. The lowest BCUT2D eigenvalue weighted by Gasteiger charge is -2.13. The summed E-state index contributed by atoms with van der Waals surface area (Å²) < 4.78 is 10.6. The van der Waals surface area contributed by atoms with Gasteiger partial charge in [-0.3, -0.25) is 9.89 Å². The number of rotatable bonds is 5. The Kier molecular flexibility index (Phi) is 4.47. The van der Waals surface area contributed by atoms with Gasteiger partial charge in [0.05, 0.1) is 19.9 Å². The lowest BCUT2D eigenvalue weighted by molar-refractivity contribution is 0.102. The Labute approximate surface area is 139 Å². The predicted molar refractivity (Wildman–Crippen MR) is 91.5 cm³/mol. The van der Waals surface area contributed by atoms with Crippen LogP contribution in [-0.2, 0) is 0 Å². The number of amides is 1. The van der Waals surface area contributed by atoms with E-state index in [1.165, 1.54) is 14.2 Å². The Hall–Kier alpha value is -3.28. The minimum Gasteiger partial charge on any atom is -0.496 e. The fourth-order valence-corrected chi connectivity index (χ4v) is 2.45. The van der Waals surface area contributed by atoms with Crippen LogP contribution in [0.25, 0.3) is 11.3 Å². The molecule has 0 bridgehead atoms. The minimum absolute atomic E-state index is 0.300. The third kappa shape index (κ3) is 3.08. The Morgan fingerprint density at radius 2 is 1.75 bits per heavy atom. The molecule has 24 heavy (non-hydrogen) atoms. The average Bonchev–Trinajstić information content (AvgIpc) is 3.15. The van der Waals surface area contributed by atoms with E-state index < -0.39 is 0 Å². The van der Waals surface area contributed by atoms with E-state index in [4.69, 9.17) is 9.47 Å². The van der Waals surface area contributed by atoms with Crippen molar-refractivity contribution in [2.45, 2.75) is 0 Å². The predicted octanol–water partition coefficient (Wildman–Crippen LogP) is 3.35. The van der Waals surface area contributed by atoms with Gasteiger partial charge in [0.25, 0.3) is 5.91 Å². The molecule has 0 saturated heterocycles. The molecule has 1 amide bonds. The van der Waals surface area contributed by atoms with Crippen molar-refractivity contribution in [1.29, 1.82) is 0 Å². The van der Waals surface area contributed by atoms with Crippen molar-refractivity contribution in [3.05, 3.63) is 60.3 Å². The fraction of sp³-hybridized carbons (Fsp3) is 0.111. The van der Waals surface area contributed by atoms with Crippen molar-refractivity contribution >= 4 is 11.6 Å². The Balaban J connectivity index is 1.90. The number of anilines is 1. The van der Waals surface area contributed by atoms with Gasteiger partial charge in [-0.15, -0.1) is 0 Å². The van der Waals surface area contributed by atoms with Crippen molar-refractivity contribution in [3.8, 4) is 22.8 Å². The van der Waals surface area contributed by atoms with Crippen LogP contribution in [0.4, 0.5) is 5.69 Å². The van der Waals surface area contributed by atoms with Crippen molar-refractivity contribution in [1.82, 2.24) is 10.2 Å². The highest BCUT2D eigenvalue weighted by molar-refractivity contribution is 6.08. The highest BCUT2D eigenvalue weighted by Crippen LogP contribution is 2.29. The first kappa shape index (κ1) is 15.6. The molecule has 0 aliphatic heterocycles. The molecule has 2 aromatic carbocycles. The number of aromatic nitrogens is 2. The molecule has 0 saturated carbocycles. The first-order chi connectivity index (χ1) is 11.7. The highest BCUT2D eigenvalue weighted by atomic mass is 16.5. The van der Waals surface area contributed by atoms with E-state index in [1.54, 1.807) is 24.4 Å². The molecule has 0 unspecified atom stereocenters. The van der Waals surface area contributed by atoms with E-state index in [-0.39, 0.29) is 5.91 Å². The second kappa shape index (κ2) is 6.87. The summed E-state index contributed by atoms with van der Waals surface area (Å²) in [6.07, 6.45) is 1.68. The van der Waals surface area contributed by atoms with Gasteiger partial charge in [-0.25, -0.2) is 0 Å². The highest BCUT2D eigenvalue weighted by Gasteiger charge is 2.18. The SMILES string of the molecule is COc1cccc(OC)c1C(=O)Nc1cccc(-c2ccn[nH]2)c1. The van der Waals surface area contributed by atoms with Gasteiger partial charge in [0, 0.05) is 17.4 Å². The molecule has 0 atom stereocenters. The lowest BCUT2D eigenvalue weighted by atomic mass is 10.1. The molecule has 0 aliphatic rings. The number of hydrogen-bond acceptors (Lipinski definition) is 4. The molecular weight excluding hydrogens is 306 g/mol. The maximum absolute atomic E-state index is 12.7. The first-order valence-corrected chi connectivity index (χ1v) is 7.35. The van der Waals surface area contributed by atoms with E-state index >= 15 is 0 Å². The van der Waals surface area contributed by atoms with Crippen LogP contribution in [0.2, 0.25) is 0 Å². The molecule has 0 fully saturated rings. The molecule has 6 heteroatoms. The number of hydrogen-bond donors (Lipinski definition) is 2. The topological polar surface area (TPSA) is 76.2 Å². The van der Waals surface area contributed by atoms with Gasteiger partial charge >= 0.3 is 0 Å². The summed E-state index contributed by atoms with van der Waals surface area (Å²) in [7, 11) is 3.04. The zero-order valence-corrected chi connectivity index (χ0v) is 13.4. The second-order valence-electron chi connectivity index (χ2n) is 5.04. The number of nitrogens with one attached hydrogen (secondary N) is 2. The minimum atomic E-state index is -0.300. The number of H-pyrrole nitrogens is 1. The van der Waals surface area contributed by atoms with Crippen LogP contribution in [0, 0.1) is 0 Å². The van der Waals surface area contributed by atoms with Crippen molar-refractivity contribution < 1.29 is 14.3 Å². The van der Waals surface area contributed by atoms with E-state index in [9.17, 15) is 4.79 Å². The summed E-state index contributed by atoms with van der Waals surface area (Å²) in [4.78, 5) is 12.7. The lowest BCUT2D eigenvalue weighted by Crippen LogP contribution is -2.14. The van der Waals surface area contributed by atoms with Gasteiger partial charge in [-0.2, -0.15) is 5.10 Å². The van der Waals surface area contributed by atoms with Crippen LogP contribution in [0.15, 0.2) is 54.7 Å². The normalized spacial score (nSPS) is 10.2. The summed E-state index contributed by atoms with van der Waals surface area (Å²) in [5, 5.41) is 9.71. The average molecular weight is 323 g/mol. The maximum Gasteiger partial charge on any atom is 0.263 e. The standard InChI is InChI=1S/C18H17N3O3/c1-23-15-7-4-8-16(24-2)17(15)18(22)20-13-6-3-5-12(11-13)14-9-10-19-21-14/h3-11H,1-2H3,(H,19,21)(H,20,22). The zero-order valence-electron chi connectivity index (χ0n) is 13.4. The van der Waals surface area contributed by atoms with Gasteiger partial charge in [-0.05, 0) is 30.3 Å².